The van der Waals surface area contributed by atoms with Crippen molar-refractivity contribution in [2.45, 2.75) is 0 Å². The van der Waals surface area contributed by atoms with Gasteiger partial charge in [-0.3, -0.25) is 14.4 Å². The van der Waals surface area contributed by atoms with Crippen LogP contribution in [0.1, 0.15) is 30.4 Å². The number of nitrogens with one attached hydrogen (secondary N) is 1. The number of benzene rings is 2. The van der Waals surface area contributed by atoms with Gasteiger partial charge in [0.15, 0.2) is 6.61 Å². The van der Waals surface area contributed by atoms with Gasteiger partial charge in [-0.15, -0.1) is 11.3 Å². The van der Waals surface area contributed by atoms with Gasteiger partial charge in [0.1, 0.15) is 0 Å². The number of carbonyl (C=O) groups excluding carboxylic acids is 4. The number of para-hydroxylation sites is 1. The maximum Gasteiger partial charge on any atom is 0.340 e. The van der Waals surface area contributed by atoms with Crippen molar-refractivity contribution in [3.63, 3.8) is 0 Å². The van der Waals surface area contributed by atoms with Crippen molar-refractivity contribution in [2.75, 3.05) is 23.9 Å². The molecule has 0 aliphatic rings. The highest BCUT2D eigenvalue weighted by Crippen LogP contribution is 2.23. The number of primary amides is 1. The van der Waals surface area contributed by atoms with Gasteiger partial charge in [-0.2, -0.15) is 0 Å². The number of amides is 3. The maximum atomic E-state index is 12.6. The zero-order valence-corrected chi connectivity index (χ0v) is 17.3. The van der Waals surface area contributed by atoms with E-state index >= 15 is 0 Å². The number of nitrogens with zero attached hydrogens (tertiary/aromatic N) is 1. The van der Waals surface area contributed by atoms with Gasteiger partial charge in [0, 0.05) is 18.3 Å². The summed E-state index contributed by atoms with van der Waals surface area (Å²) < 4.78 is 5.12. The molecule has 0 spiro atoms. The second-order valence-corrected chi connectivity index (χ2v) is 7.37. The zero-order chi connectivity index (χ0) is 22.4. The number of esters is 1. The van der Waals surface area contributed by atoms with Crippen LogP contribution in [0.15, 0.2) is 66.0 Å². The molecule has 0 bridgehead atoms. The quantitative estimate of drug-likeness (QED) is 0.551. The molecule has 158 valence electrons. The molecule has 8 nitrogen and oxygen atoms in total. The minimum atomic E-state index is -0.736. The molecule has 3 aromatic rings. The van der Waals surface area contributed by atoms with E-state index in [-0.39, 0.29) is 11.5 Å². The van der Waals surface area contributed by atoms with Crippen molar-refractivity contribution in [1.29, 1.82) is 0 Å². The van der Waals surface area contributed by atoms with E-state index in [4.69, 9.17) is 10.5 Å². The van der Waals surface area contributed by atoms with Crippen LogP contribution >= 0.6 is 11.3 Å². The molecule has 2 aromatic carbocycles. The highest BCUT2D eigenvalue weighted by atomic mass is 32.1. The van der Waals surface area contributed by atoms with E-state index in [0.717, 1.165) is 0 Å². The van der Waals surface area contributed by atoms with Crippen LogP contribution in [0.5, 0.6) is 0 Å². The molecule has 0 radical (unpaired) electrons. The molecular weight excluding hydrogens is 418 g/mol. The van der Waals surface area contributed by atoms with E-state index in [1.165, 1.54) is 46.6 Å². The van der Waals surface area contributed by atoms with Gasteiger partial charge in [-0.05, 0) is 47.8 Å². The Labute approximate surface area is 182 Å². The molecule has 31 heavy (non-hydrogen) atoms. The lowest BCUT2D eigenvalue weighted by atomic mass is 10.1. The fourth-order valence-corrected chi connectivity index (χ4v) is 3.44. The molecule has 0 aliphatic carbocycles. The van der Waals surface area contributed by atoms with Crippen molar-refractivity contribution in [3.8, 4) is 0 Å². The Kier molecular flexibility index (Phi) is 6.78. The molecule has 0 saturated heterocycles. The van der Waals surface area contributed by atoms with Crippen LogP contribution in [0.25, 0.3) is 0 Å². The van der Waals surface area contributed by atoms with Gasteiger partial charge >= 0.3 is 5.97 Å². The van der Waals surface area contributed by atoms with E-state index in [9.17, 15) is 19.2 Å². The highest BCUT2D eigenvalue weighted by molar-refractivity contribution is 7.12. The monoisotopic (exact) mass is 437 g/mol. The van der Waals surface area contributed by atoms with E-state index in [0.29, 0.717) is 21.8 Å². The highest BCUT2D eigenvalue weighted by Gasteiger charge is 2.21. The summed E-state index contributed by atoms with van der Waals surface area (Å²) in [6.07, 6.45) is 0. The number of thiophene rings is 1. The molecule has 1 heterocycles. The van der Waals surface area contributed by atoms with Crippen LogP contribution in [-0.4, -0.2) is 37.3 Å². The molecule has 0 fully saturated rings. The third-order valence-corrected chi connectivity index (χ3v) is 5.17. The van der Waals surface area contributed by atoms with Crippen LogP contribution in [0.3, 0.4) is 0 Å². The maximum absolute atomic E-state index is 12.6. The van der Waals surface area contributed by atoms with Gasteiger partial charge < -0.3 is 20.7 Å². The summed E-state index contributed by atoms with van der Waals surface area (Å²) in [5.41, 5.74) is 6.43. The lowest BCUT2D eigenvalue weighted by molar-refractivity contribution is -0.119. The normalized spacial score (nSPS) is 10.2. The zero-order valence-electron chi connectivity index (χ0n) is 16.5. The van der Waals surface area contributed by atoms with Crippen LogP contribution in [0.4, 0.5) is 11.4 Å². The van der Waals surface area contributed by atoms with Gasteiger partial charge in [0.25, 0.3) is 11.8 Å². The lowest BCUT2D eigenvalue weighted by Crippen LogP contribution is -2.28. The predicted octanol–water partition coefficient (Wildman–Crippen LogP) is 2.92. The molecule has 0 aliphatic heterocycles. The van der Waals surface area contributed by atoms with Gasteiger partial charge in [-0.1, -0.05) is 18.2 Å². The number of ether oxygens (including phenoxy) is 1. The molecule has 3 rings (SSSR count). The van der Waals surface area contributed by atoms with Crippen molar-refractivity contribution < 1.29 is 23.9 Å². The molecule has 0 saturated carbocycles. The van der Waals surface area contributed by atoms with Crippen LogP contribution in [0.2, 0.25) is 0 Å². The van der Waals surface area contributed by atoms with Crippen molar-refractivity contribution in [3.05, 3.63) is 82.0 Å². The Morgan fingerprint density at radius 2 is 1.71 bits per heavy atom. The third kappa shape index (κ3) is 5.34. The number of anilines is 2. The Morgan fingerprint density at radius 1 is 1.00 bits per heavy atom. The fourth-order valence-electron chi connectivity index (χ4n) is 2.74. The Bertz CT molecular complexity index is 1110. The molecule has 0 unspecified atom stereocenters. The van der Waals surface area contributed by atoms with E-state index in [1.54, 1.807) is 42.8 Å². The molecule has 3 N–H and O–H groups in total. The second-order valence-electron chi connectivity index (χ2n) is 6.42. The van der Waals surface area contributed by atoms with Crippen molar-refractivity contribution >= 4 is 46.4 Å². The van der Waals surface area contributed by atoms with E-state index < -0.39 is 24.4 Å². The number of hydrogen-bond donors (Lipinski definition) is 2. The summed E-state index contributed by atoms with van der Waals surface area (Å²) in [6, 6.07) is 15.9. The summed E-state index contributed by atoms with van der Waals surface area (Å²) in [5, 5.41) is 4.35. The van der Waals surface area contributed by atoms with Crippen LogP contribution in [-0.2, 0) is 9.53 Å². The number of carbonyl (C=O) groups is 4. The van der Waals surface area contributed by atoms with E-state index in [2.05, 4.69) is 5.32 Å². The standard InChI is InChI=1S/C22H19N3O5S/c1-25(21(28)18-7-4-12-31-18)17-6-3-2-5-16(17)22(29)30-13-19(26)24-15-10-8-14(9-11-15)20(23)27/h2-12H,13H2,1H3,(H2,23,27)(H,24,26). The first-order valence-corrected chi connectivity index (χ1v) is 10.0. The van der Waals surface area contributed by atoms with Gasteiger partial charge in [-0.25, -0.2) is 4.79 Å². The first-order valence-electron chi connectivity index (χ1n) is 9.14. The second kappa shape index (κ2) is 9.68. The van der Waals surface area contributed by atoms with Crippen LogP contribution in [0, 0.1) is 0 Å². The number of hydrogen-bond acceptors (Lipinski definition) is 6. The van der Waals surface area contributed by atoms with Crippen molar-refractivity contribution in [1.82, 2.24) is 0 Å². The Hall–Kier alpha value is -3.98. The lowest BCUT2D eigenvalue weighted by Gasteiger charge is -2.19. The number of rotatable bonds is 7. The first-order chi connectivity index (χ1) is 14.9. The summed E-state index contributed by atoms with van der Waals surface area (Å²) in [7, 11) is 1.57. The summed E-state index contributed by atoms with van der Waals surface area (Å²) in [6.45, 7) is -0.521. The fraction of sp³-hybridized carbons (Fsp3) is 0.0909. The molecule has 0 atom stereocenters. The smallest absolute Gasteiger partial charge is 0.340 e. The summed E-state index contributed by atoms with van der Waals surface area (Å²) in [5.74, 6) is -2.12. The largest absolute Gasteiger partial charge is 0.452 e. The average molecular weight is 437 g/mol. The predicted molar refractivity (Wildman–Crippen MR) is 117 cm³/mol. The van der Waals surface area contributed by atoms with Crippen LogP contribution < -0.4 is 16.0 Å². The topological polar surface area (TPSA) is 119 Å². The van der Waals surface area contributed by atoms with Gasteiger partial charge in [0.05, 0.1) is 16.1 Å². The SMILES string of the molecule is CN(C(=O)c1cccs1)c1ccccc1C(=O)OCC(=O)Nc1ccc(C(N)=O)cc1. The Morgan fingerprint density at radius 3 is 2.35 bits per heavy atom. The number of nitrogens with two attached hydrogens (primary N) is 1. The average Bonchev–Trinajstić information content (AvgIpc) is 3.32. The minimum absolute atomic E-state index is 0.161. The molecule has 3 amide bonds. The third-order valence-electron chi connectivity index (χ3n) is 4.31. The molecule has 1 aromatic heterocycles. The molecule has 9 heteroatoms. The van der Waals surface area contributed by atoms with Gasteiger partial charge in [0.2, 0.25) is 5.91 Å². The minimum Gasteiger partial charge on any atom is -0.452 e. The Balaban J connectivity index is 1.63. The first kappa shape index (κ1) is 21.7. The summed E-state index contributed by atoms with van der Waals surface area (Å²) >= 11 is 1.30. The summed E-state index contributed by atoms with van der Waals surface area (Å²) in [4.78, 5) is 50.3. The molecular formula is C22H19N3O5S. The van der Waals surface area contributed by atoms with E-state index in [1.807, 2.05) is 0 Å². The van der Waals surface area contributed by atoms with Crippen molar-refractivity contribution in [2.24, 2.45) is 5.73 Å².